The van der Waals surface area contributed by atoms with E-state index in [0.717, 1.165) is 30.7 Å². The Kier molecular flexibility index (Phi) is 4.35. The lowest BCUT2D eigenvalue weighted by Gasteiger charge is -2.35. The van der Waals surface area contributed by atoms with E-state index in [1.54, 1.807) is 0 Å². The van der Waals surface area contributed by atoms with Gasteiger partial charge in [0.2, 0.25) is 0 Å². The lowest BCUT2D eigenvalue weighted by molar-refractivity contribution is 0.143. The highest BCUT2D eigenvalue weighted by atomic mass is 15.3. The zero-order valence-electron chi connectivity index (χ0n) is 12.0. The van der Waals surface area contributed by atoms with E-state index in [1.807, 2.05) is 14.0 Å². The van der Waals surface area contributed by atoms with Gasteiger partial charge in [-0.3, -0.25) is 4.90 Å². The quantitative estimate of drug-likeness (QED) is 0.865. The lowest BCUT2D eigenvalue weighted by atomic mass is 9.92. The van der Waals surface area contributed by atoms with Crippen LogP contribution >= 0.6 is 0 Å². The summed E-state index contributed by atoms with van der Waals surface area (Å²) in [5.74, 6) is 2.81. The number of rotatable bonds is 4. The standard InChI is InChI=1S/C13H25N5/c1-10(14-3)12-6-5-7-18(8-12)9-13-16-15-11(2)17(13)4/h10,12,14H,5-9H2,1-4H3. The molecule has 1 fully saturated rings. The van der Waals surface area contributed by atoms with Crippen LogP contribution in [-0.2, 0) is 13.6 Å². The first-order valence-corrected chi connectivity index (χ1v) is 6.86. The van der Waals surface area contributed by atoms with Crippen LogP contribution in [0.25, 0.3) is 0 Å². The smallest absolute Gasteiger partial charge is 0.146 e. The van der Waals surface area contributed by atoms with E-state index in [1.165, 1.54) is 19.4 Å². The fourth-order valence-corrected chi connectivity index (χ4v) is 2.67. The number of nitrogens with one attached hydrogen (secondary N) is 1. The summed E-state index contributed by atoms with van der Waals surface area (Å²) >= 11 is 0. The topological polar surface area (TPSA) is 46.0 Å². The van der Waals surface area contributed by atoms with Crippen LogP contribution in [0.4, 0.5) is 0 Å². The van der Waals surface area contributed by atoms with Gasteiger partial charge in [0.05, 0.1) is 6.54 Å². The molecule has 0 radical (unpaired) electrons. The van der Waals surface area contributed by atoms with Gasteiger partial charge in [0.15, 0.2) is 0 Å². The summed E-state index contributed by atoms with van der Waals surface area (Å²) < 4.78 is 2.09. The van der Waals surface area contributed by atoms with E-state index in [4.69, 9.17) is 0 Å². The monoisotopic (exact) mass is 251 g/mol. The third kappa shape index (κ3) is 2.90. The molecule has 2 heterocycles. The van der Waals surface area contributed by atoms with Crippen molar-refractivity contribution < 1.29 is 0 Å². The molecule has 1 aliphatic rings. The number of aryl methyl sites for hydroxylation is 1. The molecule has 2 unspecified atom stereocenters. The molecule has 1 N–H and O–H groups in total. The summed E-state index contributed by atoms with van der Waals surface area (Å²) in [5.41, 5.74) is 0. The maximum absolute atomic E-state index is 4.26. The average molecular weight is 251 g/mol. The molecule has 18 heavy (non-hydrogen) atoms. The van der Waals surface area contributed by atoms with Crippen molar-refractivity contribution in [3.05, 3.63) is 11.6 Å². The minimum atomic E-state index is 0.592. The van der Waals surface area contributed by atoms with Gasteiger partial charge in [-0.05, 0) is 46.2 Å². The molecule has 0 aromatic carbocycles. The fraction of sp³-hybridized carbons (Fsp3) is 0.846. The molecule has 5 nitrogen and oxygen atoms in total. The predicted molar refractivity (Wildman–Crippen MR) is 72.3 cm³/mol. The molecule has 1 aromatic heterocycles. The van der Waals surface area contributed by atoms with Crippen molar-refractivity contribution in [3.63, 3.8) is 0 Å². The normalized spacial score (nSPS) is 23.2. The Morgan fingerprint density at radius 3 is 2.83 bits per heavy atom. The molecule has 2 atom stereocenters. The minimum Gasteiger partial charge on any atom is -0.317 e. The van der Waals surface area contributed by atoms with E-state index < -0.39 is 0 Å². The Hall–Kier alpha value is -0.940. The van der Waals surface area contributed by atoms with E-state index in [9.17, 15) is 0 Å². The summed E-state index contributed by atoms with van der Waals surface area (Å²) in [5, 5.41) is 11.8. The fourth-order valence-electron chi connectivity index (χ4n) is 2.67. The van der Waals surface area contributed by atoms with E-state index in [-0.39, 0.29) is 0 Å². The number of hydrogen-bond acceptors (Lipinski definition) is 4. The Labute approximate surface area is 110 Å². The molecule has 102 valence electrons. The molecule has 2 rings (SSSR count). The summed E-state index contributed by atoms with van der Waals surface area (Å²) in [7, 11) is 4.10. The molecular weight excluding hydrogens is 226 g/mol. The van der Waals surface area contributed by atoms with E-state index >= 15 is 0 Å². The highest BCUT2D eigenvalue weighted by Crippen LogP contribution is 2.20. The van der Waals surface area contributed by atoms with Crippen LogP contribution in [0.3, 0.4) is 0 Å². The van der Waals surface area contributed by atoms with Crippen LogP contribution in [-0.4, -0.2) is 45.8 Å². The van der Waals surface area contributed by atoms with Gasteiger partial charge in [-0.25, -0.2) is 0 Å². The SMILES string of the molecule is CNC(C)C1CCCN(Cc2nnc(C)n2C)C1. The maximum Gasteiger partial charge on any atom is 0.146 e. The third-order valence-electron chi connectivity index (χ3n) is 4.25. The van der Waals surface area contributed by atoms with E-state index in [2.05, 4.69) is 39.0 Å². The van der Waals surface area contributed by atoms with Crippen LogP contribution < -0.4 is 5.32 Å². The molecule has 1 aliphatic heterocycles. The highest BCUT2D eigenvalue weighted by Gasteiger charge is 2.24. The van der Waals surface area contributed by atoms with Crippen molar-refractivity contribution in [2.75, 3.05) is 20.1 Å². The first kappa shape index (κ1) is 13.5. The van der Waals surface area contributed by atoms with Gasteiger partial charge >= 0.3 is 0 Å². The van der Waals surface area contributed by atoms with Crippen molar-refractivity contribution >= 4 is 0 Å². The van der Waals surface area contributed by atoms with Crippen molar-refractivity contribution in [1.29, 1.82) is 0 Å². The maximum atomic E-state index is 4.26. The van der Waals surface area contributed by atoms with Crippen molar-refractivity contribution in [2.45, 2.75) is 39.3 Å². The minimum absolute atomic E-state index is 0.592. The Morgan fingerprint density at radius 2 is 2.22 bits per heavy atom. The third-order valence-corrected chi connectivity index (χ3v) is 4.25. The van der Waals surface area contributed by atoms with Gasteiger partial charge in [0.1, 0.15) is 11.6 Å². The van der Waals surface area contributed by atoms with Crippen LogP contribution in [0.2, 0.25) is 0 Å². The zero-order chi connectivity index (χ0) is 13.1. The molecule has 0 spiro atoms. The second kappa shape index (κ2) is 5.80. The van der Waals surface area contributed by atoms with Crippen LogP contribution in [0.15, 0.2) is 0 Å². The summed E-state index contributed by atoms with van der Waals surface area (Å²) in [6, 6.07) is 0.592. The van der Waals surface area contributed by atoms with Crippen molar-refractivity contribution in [2.24, 2.45) is 13.0 Å². The number of piperidine rings is 1. The van der Waals surface area contributed by atoms with Gasteiger partial charge in [-0.1, -0.05) is 0 Å². The van der Waals surface area contributed by atoms with Gasteiger partial charge < -0.3 is 9.88 Å². The predicted octanol–water partition coefficient (Wildman–Crippen LogP) is 0.943. The summed E-state index contributed by atoms with van der Waals surface area (Å²) in [6.45, 7) is 7.54. The molecule has 0 amide bonds. The number of likely N-dealkylation sites (tertiary alicyclic amines) is 1. The van der Waals surface area contributed by atoms with E-state index in [0.29, 0.717) is 6.04 Å². The second-order valence-electron chi connectivity index (χ2n) is 5.44. The van der Waals surface area contributed by atoms with Crippen molar-refractivity contribution in [3.8, 4) is 0 Å². The zero-order valence-corrected chi connectivity index (χ0v) is 12.0. The Morgan fingerprint density at radius 1 is 1.44 bits per heavy atom. The van der Waals surface area contributed by atoms with Crippen molar-refractivity contribution in [1.82, 2.24) is 25.0 Å². The molecule has 0 saturated carbocycles. The molecule has 1 aromatic rings. The number of aromatic nitrogens is 3. The molecule has 0 aliphatic carbocycles. The van der Waals surface area contributed by atoms with Crippen LogP contribution in [0.1, 0.15) is 31.4 Å². The van der Waals surface area contributed by atoms with Gasteiger partial charge in [0.25, 0.3) is 0 Å². The van der Waals surface area contributed by atoms with Gasteiger partial charge in [0, 0.05) is 19.6 Å². The second-order valence-corrected chi connectivity index (χ2v) is 5.44. The first-order chi connectivity index (χ1) is 8.61. The largest absolute Gasteiger partial charge is 0.317 e. The van der Waals surface area contributed by atoms with Crippen LogP contribution in [0.5, 0.6) is 0 Å². The Bertz CT molecular complexity index is 387. The summed E-state index contributed by atoms with van der Waals surface area (Å²) in [6.07, 6.45) is 2.61. The lowest BCUT2D eigenvalue weighted by Crippen LogP contribution is -2.43. The molecular formula is C13H25N5. The van der Waals surface area contributed by atoms with Gasteiger partial charge in [-0.2, -0.15) is 0 Å². The summed E-state index contributed by atoms with van der Waals surface area (Å²) in [4.78, 5) is 2.51. The average Bonchev–Trinajstić information content (AvgIpc) is 2.70. The highest BCUT2D eigenvalue weighted by molar-refractivity contribution is 4.93. The first-order valence-electron chi connectivity index (χ1n) is 6.86. The molecule has 0 bridgehead atoms. The van der Waals surface area contributed by atoms with Gasteiger partial charge in [-0.15, -0.1) is 10.2 Å². The number of hydrogen-bond donors (Lipinski definition) is 1. The Balaban J connectivity index is 1.95. The molecule has 1 saturated heterocycles. The number of nitrogens with zero attached hydrogens (tertiary/aromatic N) is 4. The van der Waals surface area contributed by atoms with Crippen LogP contribution in [0, 0.1) is 12.8 Å². The molecule has 5 heteroatoms.